The highest BCUT2D eigenvalue weighted by atomic mass is 16.2. The third kappa shape index (κ3) is 2.24. The van der Waals surface area contributed by atoms with Crippen LogP contribution < -0.4 is 21.1 Å². The van der Waals surface area contributed by atoms with Gasteiger partial charge in [-0.2, -0.15) is 0 Å². The SMILES string of the molecule is O=C1NC(c2ccccc2)NC2C1CNN2c1ccccc1. The molecule has 0 aromatic heterocycles. The maximum atomic E-state index is 12.4. The predicted octanol–water partition coefficient (Wildman–Crippen LogP) is 1.37. The molecule has 2 aliphatic heterocycles. The second-order valence-electron chi connectivity index (χ2n) is 5.64. The molecule has 0 saturated carbocycles. The molecule has 3 N–H and O–H groups in total. The first-order valence-electron chi connectivity index (χ1n) is 7.52. The quantitative estimate of drug-likeness (QED) is 0.783. The van der Waals surface area contributed by atoms with Gasteiger partial charge in [0.25, 0.3) is 0 Å². The highest BCUT2D eigenvalue weighted by molar-refractivity contribution is 5.82. The number of rotatable bonds is 2. The van der Waals surface area contributed by atoms with Gasteiger partial charge in [0.15, 0.2) is 0 Å². The minimum absolute atomic E-state index is 0.0543. The number of amides is 1. The summed E-state index contributed by atoms with van der Waals surface area (Å²) in [6, 6.07) is 20.1. The van der Waals surface area contributed by atoms with E-state index in [0.717, 1.165) is 11.3 Å². The highest BCUT2D eigenvalue weighted by Crippen LogP contribution is 2.27. The number of fused-ring (bicyclic) bond motifs is 1. The number of hydrazine groups is 1. The number of hydrogen-bond acceptors (Lipinski definition) is 4. The van der Waals surface area contributed by atoms with Gasteiger partial charge in [-0.1, -0.05) is 48.5 Å². The predicted molar refractivity (Wildman–Crippen MR) is 84.7 cm³/mol. The molecule has 3 atom stereocenters. The number of para-hydroxylation sites is 1. The molecule has 2 heterocycles. The van der Waals surface area contributed by atoms with Crippen molar-refractivity contribution in [2.75, 3.05) is 11.6 Å². The van der Waals surface area contributed by atoms with E-state index < -0.39 is 0 Å². The number of benzene rings is 2. The number of nitrogens with one attached hydrogen (secondary N) is 3. The van der Waals surface area contributed by atoms with Gasteiger partial charge in [-0.15, -0.1) is 0 Å². The largest absolute Gasteiger partial charge is 0.336 e. The lowest BCUT2D eigenvalue weighted by Crippen LogP contribution is -2.60. The maximum Gasteiger partial charge on any atom is 0.229 e. The van der Waals surface area contributed by atoms with Gasteiger partial charge in [0.05, 0.1) is 11.6 Å². The summed E-state index contributed by atoms with van der Waals surface area (Å²) in [5.74, 6) is -0.0105. The molecule has 112 valence electrons. The van der Waals surface area contributed by atoms with Crippen LogP contribution in [-0.4, -0.2) is 18.6 Å². The second kappa shape index (κ2) is 5.44. The molecular formula is C17H18N4O. The van der Waals surface area contributed by atoms with E-state index in [9.17, 15) is 4.79 Å². The summed E-state index contributed by atoms with van der Waals surface area (Å²) in [6.07, 6.45) is -0.220. The van der Waals surface area contributed by atoms with Crippen molar-refractivity contribution in [1.29, 1.82) is 0 Å². The lowest BCUT2D eigenvalue weighted by Gasteiger charge is -2.37. The molecule has 2 aliphatic rings. The number of hydrogen-bond donors (Lipinski definition) is 3. The number of anilines is 1. The average Bonchev–Trinajstić information content (AvgIpc) is 3.01. The average molecular weight is 294 g/mol. The Hall–Kier alpha value is -2.37. The van der Waals surface area contributed by atoms with Gasteiger partial charge in [-0.05, 0) is 17.7 Å². The zero-order chi connectivity index (χ0) is 14.9. The smallest absolute Gasteiger partial charge is 0.229 e. The van der Waals surface area contributed by atoms with E-state index in [1.54, 1.807) is 0 Å². The highest BCUT2D eigenvalue weighted by Gasteiger charge is 2.44. The van der Waals surface area contributed by atoms with Crippen molar-refractivity contribution in [2.45, 2.75) is 12.3 Å². The Balaban J connectivity index is 1.62. The van der Waals surface area contributed by atoms with Crippen LogP contribution in [0.15, 0.2) is 60.7 Å². The molecule has 0 radical (unpaired) electrons. The lowest BCUT2D eigenvalue weighted by atomic mass is 10.0. The van der Waals surface area contributed by atoms with Crippen LogP contribution in [0.1, 0.15) is 11.7 Å². The van der Waals surface area contributed by atoms with E-state index in [1.807, 2.05) is 60.7 Å². The molecule has 0 aliphatic carbocycles. The number of carbonyl (C=O) groups is 1. The Morgan fingerprint density at radius 1 is 0.955 bits per heavy atom. The van der Waals surface area contributed by atoms with E-state index in [0.29, 0.717) is 6.54 Å². The van der Waals surface area contributed by atoms with Crippen LogP contribution >= 0.6 is 0 Å². The normalized spacial score (nSPS) is 27.4. The van der Waals surface area contributed by atoms with Gasteiger partial charge in [0.2, 0.25) is 5.91 Å². The van der Waals surface area contributed by atoms with Crippen molar-refractivity contribution in [1.82, 2.24) is 16.1 Å². The summed E-state index contributed by atoms with van der Waals surface area (Å²) >= 11 is 0. The van der Waals surface area contributed by atoms with Gasteiger partial charge in [0, 0.05) is 6.54 Å². The Kier molecular flexibility index (Phi) is 3.29. The van der Waals surface area contributed by atoms with Crippen LogP contribution in [0, 0.1) is 5.92 Å². The monoisotopic (exact) mass is 294 g/mol. The van der Waals surface area contributed by atoms with Crippen molar-refractivity contribution in [2.24, 2.45) is 5.92 Å². The van der Waals surface area contributed by atoms with E-state index in [2.05, 4.69) is 21.1 Å². The van der Waals surface area contributed by atoms with Crippen molar-refractivity contribution >= 4 is 11.6 Å². The third-order valence-corrected chi connectivity index (χ3v) is 4.27. The molecule has 22 heavy (non-hydrogen) atoms. The zero-order valence-corrected chi connectivity index (χ0v) is 12.1. The van der Waals surface area contributed by atoms with Crippen molar-refractivity contribution in [3.63, 3.8) is 0 Å². The fourth-order valence-corrected chi connectivity index (χ4v) is 3.14. The van der Waals surface area contributed by atoms with Gasteiger partial charge in [-0.25, -0.2) is 5.43 Å². The first-order chi connectivity index (χ1) is 10.8. The van der Waals surface area contributed by atoms with Crippen LogP contribution in [0.2, 0.25) is 0 Å². The van der Waals surface area contributed by atoms with E-state index in [-0.39, 0.29) is 24.2 Å². The molecule has 2 saturated heterocycles. The van der Waals surface area contributed by atoms with Gasteiger partial charge in [0.1, 0.15) is 12.3 Å². The van der Waals surface area contributed by atoms with Crippen LogP contribution in [0.5, 0.6) is 0 Å². The molecule has 0 spiro atoms. The van der Waals surface area contributed by atoms with Crippen LogP contribution in [0.25, 0.3) is 0 Å². The van der Waals surface area contributed by atoms with Gasteiger partial charge in [-0.3, -0.25) is 15.1 Å². The molecule has 2 fully saturated rings. The summed E-state index contributed by atoms with van der Waals surface area (Å²) in [6.45, 7) is 0.639. The van der Waals surface area contributed by atoms with Gasteiger partial charge >= 0.3 is 0 Å². The number of nitrogens with zero attached hydrogens (tertiary/aromatic N) is 1. The second-order valence-corrected chi connectivity index (χ2v) is 5.64. The molecule has 5 heteroatoms. The minimum Gasteiger partial charge on any atom is -0.336 e. The molecule has 2 aromatic carbocycles. The van der Waals surface area contributed by atoms with Crippen molar-refractivity contribution in [3.05, 3.63) is 66.2 Å². The summed E-state index contributed by atoms with van der Waals surface area (Å²) in [5.41, 5.74) is 5.45. The van der Waals surface area contributed by atoms with E-state index >= 15 is 0 Å². The van der Waals surface area contributed by atoms with Crippen LogP contribution in [0.3, 0.4) is 0 Å². The third-order valence-electron chi connectivity index (χ3n) is 4.27. The molecule has 0 bridgehead atoms. The zero-order valence-electron chi connectivity index (χ0n) is 12.1. The Bertz CT molecular complexity index is 661. The van der Waals surface area contributed by atoms with E-state index in [1.165, 1.54) is 0 Å². The molecule has 3 unspecified atom stereocenters. The van der Waals surface area contributed by atoms with Gasteiger partial charge < -0.3 is 5.32 Å². The Morgan fingerprint density at radius 2 is 1.64 bits per heavy atom. The van der Waals surface area contributed by atoms with Crippen molar-refractivity contribution in [3.8, 4) is 0 Å². The fourth-order valence-electron chi connectivity index (χ4n) is 3.14. The molecule has 1 amide bonds. The van der Waals surface area contributed by atoms with Crippen LogP contribution in [-0.2, 0) is 4.79 Å². The lowest BCUT2D eigenvalue weighted by molar-refractivity contribution is -0.128. The minimum atomic E-state index is -0.166. The van der Waals surface area contributed by atoms with Crippen molar-refractivity contribution < 1.29 is 4.79 Å². The summed E-state index contributed by atoms with van der Waals surface area (Å²) in [5, 5.41) is 8.66. The maximum absolute atomic E-state index is 12.4. The molecule has 4 rings (SSSR count). The topological polar surface area (TPSA) is 56.4 Å². The Labute approximate surface area is 129 Å². The number of carbonyl (C=O) groups excluding carboxylic acids is 1. The Morgan fingerprint density at radius 3 is 2.36 bits per heavy atom. The summed E-state index contributed by atoms with van der Waals surface area (Å²) in [4.78, 5) is 12.4. The standard InChI is InChI=1S/C17H18N4O/c22-17-14-11-18-21(13-9-5-2-6-10-13)16(14)19-15(20-17)12-7-3-1-4-8-12/h1-10,14-16,18-19H,11H2,(H,20,22). The fraction of sp³-hybridized carbons (Fsp3) is 0.235. The first-order valence-corrected chi connectivity index (χ1v) is 7.52. The summed E-state index contributed by atoms with van der Waals surface area (Å²) in [7, 11) is 0. The first kappa shape index (κ1) is 13.3. The molecular weight excluding hydrogens is 276 g/mol. The van der Waals surface area contributed by atoms with E-state index in [4.69, 9.17) is 0 Å². The molecule has 5 nitrogen and oxygen atoms in total. The summed E-state index contributed by atoms with van der Waals surface area (Å²) < 4.78 is 0. The van der Waals surface area contributed by atoms with Crippen LogP contribution in [0.4, 0.5) is 5.69 Å². The molecule has 2 aromatic rings.